The van der Waals surface area contributed by atoms with E-state index in [0.29, 0.717) is 22.5 Å². The number of nitrogen functional groups attached to an aromatic ring is 1. The van der Waals surface area contributed by atoms with Gasteiger partial charge < -0.3 is 14.9 Å². The Bertz CT molecular complexity index is 560. The molecule has 0 unspecified atom stereocenters. The first-order chi connectivity index (χ1) is 7.63. The Balaban J connectivity index is 2.42. The predicted octanol–water partition coefficient (Wildman–Crippen LogP) is 1.49. The molecule has 0 spiro atoms. The number of aryl methyl sites for hydroxylation is 1. The van der Waals surface area contributed by atoms with Crippen LogP contribution in [0.2, 0.25) is 0 Å². The zero-order valence-electron chi connectivity index (χ0n) is 8.68. The molecule has 0 saturated carbocycles. The lowest BCUT2D eigenvalue weighted by atomic mass is 10.4. The summed E-state index contributed by atoms with van der Waals surface area (Å²) in [6.07, 6.45) is 3.59. The molecule has 2 N–H and O–H groups in total. The number of rotatable bonds is 2. The predicted molar refractivity (Wildman–Crippen MR) is 63.6 cm³/mol. The fourth-order valence-electron chi connectivity index (χ4n) is 1.48. The maximum absolute atomic E-state index is 8.98. The molecule has 0 amide bonds. The third kappa shape index (κ3) is 1.70. The van der Waals surface area contributed by atoms with E-state index in [1.807, 2.05) is 17.8 Å². The van der Waals surface area contributed by atoms with Gasteiger partial charge in [-0.2, -0.15) is 5.26 Å². The fraction of sp³-hybridized carbons (Fsp3) is 0.200. The van der Waals surface area contributed by atoms with Gasteiger partial charge in [-0.05, 0) is 22.0 Å². The first kappa shape index (κ1) is 10.8. The fourth-order valence-corrected chi connectivity index (χ4v) is 1.91. The van der Waals surface area contributed by atoms with Crippen LogP contribution in [0.25, 0.3) is 0 Å². The van der Waals surface area contributed by atoms with Gasteiger partial charge in [-0.1, -0.05) is 0 Å². The molecule has 16 heavy (non-hydrogen) atoms. The molecule has 0 aliphatic carbocycles. The van der Waals surface area contributed by atoms with E-state index in [-0.39, 0.29) is 0 Å². The lowest BCUT2D eigenvalue weighted by Gasteiger charge is -2.06. The standard InChI is InChI=1S/C10H10BrN5/c1-15-3-2-14-9(15)6-16-7(5-12)4-8(13)10(16)11/h2-4H,6,13H2,1H3. The SMILES string of the molecule is Cn1ccnc1Cn1c(C#N)cc(N)c1Br. The van der Waals surface area contributed by atoms with Gasteiger partial charge in [0.1, 0.15) is 22.2 Å². The normalized spacial score (nSPS) is 10.3. The van der Waals surface area contributed by atoms with Crippen LogP contribution in [0.15, 0.2) is 23.1 Å². The van der Waals surface area contributed by atoms with Crippen molar-refractivity contribution in [1.29, 1.82) is 5.26 Å². The van der Waals surface area contributed by atoms with Gasteiger partial charge in [-0.3, -0.25) is 0 Å². The molecule has 0 saturated heterocycles. The van der Waals surface area contributed by atoms with Crippen molar-refractivity contribution in [2.75, 3.05) is 5.73 Å². The molecule has 2 aromatic rings. The van der Waals surface area contributed by atoms with E-state index in [4.69, 9.17) is 11.0 Å². The van der Waals surface area contributed by atoms with Gasteiger partial charge in [0.05, 0.1) is 12.2 Å². The summed E-state index contributed by atoms with van der Waals surface area (Å²) < 4.78 is 4.41. The Morgan fingerprint density at radius 1 is 1.62 bits per heavy atom. The third-order valence-electron chi connectivity index (χ3n) is 2.39. The minimum absolute atomic E-state index is 0.518. The lowest BCUT2D eigenvalue weighted by molar-refractivity contribution is 0.687. The van der Waals surface area contributed by atoms with Crippen molar-refractivity contribution in [3.63, 3.8) is 0 Å². The van der Waals surface area contributed by atoms with Crippen LogP contribution < -0.4 is 5.73 Å². The number of aromatic nitrogens is 3. The van der Waals surface area contributed by atoms with Crippen molar-refractivity contribution in [2.24, 2.45) is 7.05 Å². The van der Waals surface area contributed by atoms with Crippen molar-refractivity contribution in [2.45, 2.75) is 6.54 Å². The average molecular weight is 280 g/mol. The topological polar surface area (TPSA) is 72.6 Å². The highest BCUT2D eigenvalue weighted by atomic mass is 79.9. The van der Waals surface area contributed by atoms with E-state index in [9.17, 15) is 0 Å². The van der Waals surface area contributed by atoms with Gasteiger partial charge in [-0.15, -0.1) is 0 Å². The summed E-state index contributed by atoms with van der Waals surface area (Å²) in [7, 11) is 1.91. The maximum Gasteiger partial charge on any atom is 0.128 e. The van der Waals surface area contributed by atoms with Crippen LogP contribution in [0.5, 0.6) is 0 Å². The van der Waals surface area contributed by atoms with E-state index in [1.54, 1.807) is 16.8 Å². The lowest BCUT2D eigenvalue weighted by Crippen LogP contribution is -2.07. The molecule has 0 aliphatic rings. The molecular weight excluding hydrogens is 270 g/mol. The van der Waals surface area contributed by atoms with E-state index in [2.05, 4.69) is 27.0 Å². The number of nitriles is 1. The monoisotopic (exact) mass is 279 g/mol. The number of nitrogens with zero attached hydrogens (tertiary/aromatic N) is 4. The Hall–Kier alpha value is -1.74. The molecule has 0 bridgehead atoms. The van der Waals surface area contributed by atoms with Gasteiger partial charge in [-0.25, -0.2) is 4.98 Å². The van der Waals surface area contributed by atoms with Crippen LogP contribution in [-0.4, -0.2) is 14.1 Å². The van der Waals surface area contributed by atoms with Crippen LogP contribution >= 0.6 is 15.9 Å². The summed E-state index contributed by atoms with van der Waals surface area (Å²) in [5.41, 5.74) is 6.82. The summed E-state index contributed by atoms with van der Waals surface area (Å²) in [5, 5.41) is 8.98. The Morgan fingerprint density at radius 2 is 2.38 bits per heavy atom. The Kier molecular flexibility index (Phi) is 2.71. The zero-order valence-corrected chi connectivity index (χ0v) is 10.3. The smallest absolute Gasteiger partial charge is 0.128 e. The third-order valence-corrected chi connectivity index (χ3v) is 3.28. The van der Waals surface area contributed by atoms with Crippen molar-refractivity contribution in [3.05, 3.63) is 34.6 Å². The Morgan fingerprint density at radius 3 is 2.94 bits per heavy atom. The summed E-state index contributed by atoms with van der Waals surface area (Å²) in [6.45, 7) is 0.518. The van der Waals surface area contributed by atoms with Gasteiger partial charge in [0.15, 0.2) is 0 Å². The van der Waals surface area contributed by atoms with Crippen molar-refractivity contribution < 1.29 is 0 Å². The molecule has 82 valence electrons. The number of nitrogens with two attached hydrogens (primary N) is 1. The molecule has 2 rings (SSSR count). The van der Waals surface area contributed by atoms with Gasteiger partial charge in [0.25, 0.3) is 0 Å². The summed E-state index contributed by atoms with van der Waals surface area (Å²) in [5.74, 6) is 0.868. The first-order valence-electron chi connectivity index (χ1n) is 4.64. The van der Waals surface area contributed by atoms with Crippen LogP contribution in [0.1, 0.15) is 11.5 Å². The first-order valence-corrected chi connectivity index (χ1v) is 5.43. The molecule has 2 aromatic heterocycles. The maximum atomic E-state index is 8.98. The molecule has 2 heterocycles. The molecule has 5 nitrogen and oxygen atoms in total. The highest BCUT2D eigenvalue weighted by Crippen LogP contribution is 2.24. The molecular formula is C10H10BrN5. The molecule has 0 aliphatic heterocycles. The highest BCUT2D eigenvalue weighted by Gasteiger charge is 2.12. The number of hydrogen-bond donors (Lipinski definition) is 1. The van der Waals surface area contributed by atoms with Gasteiger partial charge >= 0.3 is 0 Å². The van der Waals surface area contributed by atoms with E-state index in [0.717, 1.165) is 5.82 Å². The van der Waals surface area contributed by atoms with Crippen molar-refractivity contribution in [1.82, 2.24) is 14.1 Å². The van der Waals surface area contributed by atoms with Crippen molar-refractivity contribution in [3.8, 4) is 6.07 Å². The Labute approximate surface area is 101 Å². The summed E-state index contributed by atoms with van der Waals surface area (Å²) >= 11 is 3.36. The van der Waals surface area contributed by atoms with Crippen molar-refractivity contribution >= 4 is 21.6 Å². The number of halogens is 1. The van der Waals surface area contributed by atoms with Crippen LogP contribution in [-0.2, 0) is 13.6 Å². The van der Waals surface area contributed by atoms with Gasteiger partial charge in [0, 0.05) is 19.4 Å². The second-order valence-corrected chi connectivity index (χ2v) is 4.18. The molecule has 0 atom stereocenters. The number of hydrogen-bond acceptors (Lipinski definition) is 3. The second kappa shape index (κ2) is 4.02. The van der Waals surface area contributed by atoms with E-state index >= 15 is 0 Å². The second-order valence-electron chi connectivity index (χ2n) is 3.43. The van der Waals surface area contributed by atoms with E-state index < -0.39 is 0 Å². The van der Waals surface area contributed by atoms with Crippen LogP contribution in [0.4, 0.5) is 5.69 Å². The zero-order chi connectivity index (χ0) is 11.7. The highest BCUT2D eigenvalue weighted by molar-refractivity contribution is 9.10. The van der Waals surface area contributed by atoms with Crippen LogP contribution in [0, 0.1) is 11.3 Å². The van der Waals surface area contributed by atoms with E-state index in [1.165, 1.54) is 0 Å². The van der Waals surface area contributed by atoms with Gasteiger partial charge in [0.2, 0.25) is 0 Å². The average Bonchev–Trinajstić information content (AvgIpc) is 2.78. The minimum atomic E-state index is 0.518. The largest absolute Gasteiger partial charge is 0.397 e. The molecule has 0 radical (unpaired) electrons. The van der Waals surface area contributed by atoms with Crippen LogP contribution in [0.3, 0.4) is 0 Å². The minimum Gasteiger partial charge on any atom is -0.397 e. The molecule has 0 fully saturated rings. The summed E-state index contributed by atoms with van der Waals surface area (Å²) in [4.78, 5) is 4.21. The number of anilines is 1. The molecule has 0 aromatic carbocycles. The summed E-state index contributed by atoms with van der Waals surface area (Å²) in [6, 6.07) is 3.75. The quantitative estimate of drug-likeness (QED) is 0.905. The molecule has 6 heteroatoms. The number of imidazole rings is 1.